The fourth-order valence-electron chi connectivity index (χ4n) is 3.53. The number of carbonyl (C=O) groups is 1. The highest BCUT2D eigenvalue weighted by molar-refractivity contribution is 7.14. The number of carbonyl (C=O) groups excluding carboxylic acids is 1. The molecule has 1 amide bonds. The first-order valence-corrected chi connectivity index (χ1v) is 10.7. The average molecular weight is 393 g/mol. The Morgan fingerprint density at radius 2 is 1.93 bits per heavy atom. The molecule has 0 spiro atoms. The maximum atomic E-state index is 12.6. The van der Waals surface area contributed by atoms with Crippen LogP contribution in [0.4, 0.5) is 5.13 Å². The summed E-state index contributed by atoms with van der Waals surface area (Å²) in [6.45, 7) is 1.94. The highest BCUT2D eigenvalue weighted by atomic mass is 32.1. The number of benzene rings is 2. The number of nitrogens with zero attached hydrogens (tertiary/aromatic N) is 1. The van der Waals surface area contributed by atoms with Crippen molar-refractivity contribution in [2.24, 2.45) is 0 Å². The van der Waals surface area contributed by atoms with E-state index in [1.54, 1.807) is 0 Å². The number of amides is 1. The van der Waals surface area contributed by atoms with Crippen LogP contribution in [0.5, 0.6) is 5.75 Å². The zero-order chi connectivity index (χ0) is 19.3. The highest BCUT2D eigenvalue weighted by Gasteiger charge is 2.20. The summed E-state index contributed by atoms with van der Waals surface area (Å²) >= 11 is 1.45. The summed E-state index contributed by atoms with van der Waals surface area (Å²) in [5, 5.41) is 5.51. The van der Waals surface area contributed by atoms with Crippen LogP contribution in [-0.4, -0.2) is 17.0 Å². The zero-order valence-corrected chi connectivity index (χ0v) is 16.8. The molecule has 28 heavy (non-hydrogen) atoms. The minimum atomic E-state index is -0.543. The lowest BCUT2D eigenvalue weighted by Gasteiger charge is -2.16. The fourth-order valence-corrected chi connectivity index (χ4v) is 4.25. The van der Waals surface area contributed by atoms with Crippen molar-refractivity contribution in [1.82, 2.24) is 4.98 Å². The number of aromatic nitrogens is 1. The molecule has 4 nitrogen and oxygen atoms in total. The van der Waals surface area contributed by atoms with Crippen LogP contribution in [0.2, 0.25) is 0 Å². The Morgan fingerprint density at radius 3 is 2.71 bits per heavy atom. The Kier molecular flexibility index (Phi) is 5.72. The van der Waals surface area contributed by atoms with Gasteiger partial charge in [-0.05, 0) is 61.4 Å². The molecule has 1 aromatic heterocycles. The maximum Gasteiger partial charge on any atom is 0.267 e. The van der Waals surface area contributed by atoms with Crippen LogP contribution < -0.4 is 10.1 Å². The van der Waals surface area contributed by atoms with E-state index in [0.717, 1.165) is 17.7 Å². The van der Waals surface area contributed by atoms with Crippen LogP contribution in [0.15, 0.2) is 53.9 Å². The second kappa shape index (κ2) is 8.57. The van der Waals surface area contributed by atoms with Crippen LogP contribution in [-0.2, 0) is 17.6 Å². The van der Waals surface area contributed by atoms with E-state index in [9.17, 15) is 4.79 Å². The Labute approximate surface area is 169 Å². The van der Waals surface area contributed by atoms with Gasteiger partial charge in [-0.3, -0.25) is 10.1 Å². The van der Waals surface area contributed by atoms with Gasteiger partial charge in [0.15, 0.2) is 11.2 Å². The Bertz CT molecular complexity index is 952. The van der Waals surface area contributed by atoms with Crippen molar-refractivity contribution in [3.05, 3.63) is 65.0 Å². The molecule has 0 aliphatic heterocycles. The minimum Gasteiger partial charge on any atom is -0.481 e. The molecule has 0 bridgehead atoms. The third-order valence-electron chi connectivity index (χ3n) is 5.06. The minimum absolute atomic E-state index is 0.169. The van der Waals surface area contributed by atoms with E-state index >= 15 is 0 Å². The van der Waals surface area contributed by atoms with Crippen LogP contribution in [0, 0.1) is 0 Å². The molecule has 0 saturated carbocycles. The van der Waals surface area contributed by atoms with Crippen molar-refractivity contribution in [3.63, 3.8) is 0 Å². The molecule has 1 N–H and O–H groups in total. The molecule has 4 rings (SSSR count). The van der Waals surface area contributed by atoms with Crippen molar-refractivity contribution < 1.29 is 9.53 Å². The lowest BCUT2D eigenvalue weighted by Crippen LogP contribution is -2.32. The summed E-state index contributed by atoms with van der Waals surface area (Å²) < 4.78 is 5.82. The summed E-state index contributed by atoms with van der Waals surface area (Å²) in [5.41, 5.74) is 4.92. The van der Waals surface area contributed by atoms with E-state index in [1.165, 1.54) is 41.7 Å². The zero-order valence-electron chi connectivity index (χ0n) is 16.0. The van der Waals surface area contributed by atoms with Crippen molar-refractivity contribution >= 4 is 22.4 Å². The van der Waals surface area contributed by atoms with Gasteiger partial charge in [-0.15, -0.1) is 11.3 Å². The van der Waals surface area contributed by atoms with Crippen molar-refractivity contribution in [3.8, 4) is 17.0 Å². The number of rotatable bonds is 6. The summed E-state index contributed by atoms with van der Waals surface area (Å²) in [6, 6.07) is 16.0. The van der Waals surface area contributed by atoms with Gasteiger partial charge in [0, 0.05) is 10.9 Å². The first-order valence-electron chi connectivity index (χ1n) is 9.83. The van der Waals surface area contributed by atoms with Crippen molar-refractivity contribution in [2.75, 3.05) is 5.32 Å². The van der Waals surface area contributed by atoms with E-state index in [4.69, 9.17) is 4.74 Å². The number of para-hydroxylation sites is 1. The number of anilines is 1. The third kappa shape index (κ3) is 4.25. The van der Waals surface area contributed by atoms with Gasteiger partial charge in [0.25, 0.3) is 5.91 Å². The second-order valence-electron chi connectivity index (χ2n) is 7.05. The van der Waals surface area contributed by atoms with Crippen LogP contribution in [0.25, 0.3) is 11.3 Å². The summed E-state index contributed by atoms with van der Waals surface area (Å²) in [5.74, 6) is 0.524. The van der Waals surface area contributed by atoms with E-state index in [2.05, 4.69) is 28.5 Å². The number of aryl methyl sites for hydroxylation is 2. The molecule has 0 unspecified atom stereocenters. The van der Waals surface area contributed by atoms with Gasteiger partial charge in [0.2, 0.25) is 0 Å². The van der Waals surface area contributed by atoms with Gasteiger partial charge >= 0.3 is 0 Å². The van der Waals surface area contributed by atoms with E-state index in [-0.39, 0.29) is 5.91 Å². The predicted molar refractivity (Wildman–Crippen MR) is 114 cm³/mol. The first kappa shape index (κ1) is 18.7. The largest absolute Gasteiger partial charge is 0.481 e. The molecule has 1 aliphatic rings. The molecule has 144 valence electrons. The average Bonchev–Trinajstić information content (AvgIpc) is 3.20. The molecule has 1 heterocycles. The van der Waals surface area contributed by atoms with Gasteiger partial charge < -0.3 is 4.74 Å². The maximum absolute atomic E-state index is 12.6. The molecule has 0 fully saturated rings. The number of fused-ring (bicyclic) bond motifs is 1. The summed E-state index contributed by atoms with van der Waals surface area (Å²) in [4.78, 5) is 17.2. The lowest BCUT2D eigenvalue weighted by molar-refractivity contribution is -0.122. The SMILES string of the molecule is CC[C@H](Oc1ccccc1)C(=O)Nc1nc(-c2ccc3c(c2)CCCC3)cs1. The fraction of sp³-hybridized carbons (Fsp3) is 0.304. The van der Waals surface area contributed by atoms with Gasteiger partial charge in [0.05, 0.1) is 5.69 Å². The van der Waals surface area contributed by atoms with Crippen LogP contribution in [0.1, 0.15) is 37.3 Å². The second-order valence-corrected chi connectivity index (χ2v) is 7.90. The molecule has 1 atom stereocenters. The predicted octanol–water partition coefficient (Wildman–Crippen LogP) is 5.49. The van der Waals surface area contributed by atoms with Gasteiger partial charge in [0.1, 0.15) is 5.75 Å². The number of hydrogen-bond donors (Lipinski definition) is 1. The molecule has 2 aromatic carbocycles. The van der Waals surface area contributed by atoms with Crippen molar-refractivity contribution in [2.45, 2.75) is 45.1 Å². The first-order chi connectivity index (χ1) is 13.7. The van der Waals surface area contributed by atoms with E-state index in [1.807, 2.05) is 42.6 Å². The quantitative estimate of drug-likeness (QED) is 0.604. The standard InChI is InChI=1S/C23H24N2O2S/c1-2-21(27-19-10-4-3-5-11-19)22(26)25-23-24-20(15-28-23)18-13-12-16-8-6-7-9-17(16)14-18/h3-5,10-15,21H,2,6-9H2,1H3,(H,24,25,26)/t21-/m0/s1. The molecule has 3 aromatic rings. The molecule has 0 saturated heterocycles. The molecule has 0 radical (unpaired) electrons. The normalized spacial score (nSPS) is 14.2. The molecular formula is C23H24N2O2S. The molecular weight excluding hydrogens is 368 g/mol. The summed E-state index contributed by atoms with van der Waals surface area (Å²) in [6.07, 6.45) is 4.90. The van der Waals surface area contributed by atoms with Gasteiger partial charge in [-0.25, -0.2) is 4.98 Å². The smallest absolute Gasteiger partial charge is 0.267 e. The van der Waals surface area contributed by atoms with Gasteiger partial charge in [-0.2, -0.15) is 0 Å². The monoisotopic (exact) mass is 392 g/mol. The van der Waals surface area contributed by atoms with Crippen molar-refractivity contribution in [1.29, 1.82) is 0 Å². The van der Waals surface area contributed by atoms with Gasteiger partial charge in [-0.1, -0.05) is 37.3 Å². The molecule has 1 aliphatic carbocycles. The Hall–Kier alpha value is -2.66. The third-order valence-corrected chi connectivity index (χ3v) is 5.82. The van der Waals surface area contributed by atoms with Crippen LogP contribution >= 0.6 is 11.3 Å². The number of thiazole rings is 1. The topological polar surface area (TPSA) is 51.2 Å². The van der Waals surface area contributed by atoms with Crippen LogP contribution in [0.3, 0.4) is 0 Å². The lowest BCUT2D eigenvalue weighted by atomic mass is 9.90. The van der Waals surface area contributed by atoms with E-state index < -0.39 is 6.10 Å². The van der Waals surface area contributed by atoms with E-state index in [0.29, 0.717) is 17.3 Å². The number of hydrogen-bond acceptors (Lipinski definition) is 4. The number of nitrogens with one attached hydrogen (secondary N) is 1. The Morgan fingerprint density at radius 1 is 1.14 bits per heavy atom. The number of ether oxygens (including phenoxy) is 1. The highest BCUT2D eigenvalue weighted by Crippen LogP contribution is 2.29. The Balaban J connectivity index is 1.44. The molecule has 5 heteroatoms. The summed E-state index contributed by atoms with van der Waals surface area (Å²) in [7, 11) is 0.